The summed E-state index contributed by atoms with van der Waals surface area (Å²) in [6.07, 6.45) is 3.97. The van der Waals surface area contributed by atoms with E-state index in [-0.39, 0.29) is 5.54 Å². The third kappa shape index (κ3) is 3.05. The van der Waals surface area contributed by atoms with Gasteiger partial charge in [-0.15, -0.1) is 0 Å². The van der Waals surface area contributed by atoms with Crippen molar-refractivity contribution in [2.45, 2.75) is 18.4 Å². The summed E-state index contributed by atoms with van der Waals surface area (Å²) in [6, 6.07) is 8.34. The molecule has 21 heavy (non-hydrogen) atoms. The van der Waals surface area contributed by atoms with E-state index in [0.29, 0.717) is 6.54 Å². The van der Waals surface area contributed by atoms with Crippen molar-refractivity contribution in [1.29, 1.82) is 0 Å². The van der Waals surface area contributed by atoms with Gasteiger partial charge < -0.3 is 16.0 Å². The predicted molar refractivity (Wildman–Crippen MR) is 91.6 cm³/mol. The summed E-state index contributed by atoms with van der Waals surface area (Å²) < 4.78 is 1.000. The van der Waals surface area contributed by atoms with E-state index in [2.05, 4.69) is 62.4 Å². The molecule has 1 aliphatic heterocycles. The molecule has 0 unspecified atom stereocenters. The first-order valence-electron chi connectivity index (χ1n) is 7.33. The normalized spacial score (nSPS) is 18.8. The van der Waals surface area contributed by atoms with Crippen LogP contribution in [-0.2, 0) is 0 Å². The number of nitrogens with two attached hydrogens (primary N) is 1. The number of nitrogens with one attached hydrogen (secondary N) is 1. The molecule has 0 amide bonds. The number of fused-ring (bicyclic) bond motifs is 1. The van der Waals surface area contributed by atoms with Crippen LogP contribution in [-0.4, -0.2) is 42.1 Å². The van der Waals surface area contributed by atoms with E-state index in [4.69, 9.17) is 5.73 Å². The number of pyridine rings is 1. The monoisotopic (exact) mass is 348 g/mol. The lowest BCUT2D eigenvalue weighted by molar-refractivity contribution is 0.209. The number of likely N-dealkylation sites (tertiary alicyclic amines) is 1. The summed E-state index contributed by atoms with van der Waals surface area (Å²) in [7, 11) is 2.16. The molecule has 2 aromatic rings. The number of aromatic nitrogens is 1. The number of anilines is 1. The highest BCUT2D eigenvalue weighted by atomic mass is 79.9. The van der Waals surface area contributed by atoms with E-state index < -0.39 is 0 Å². The fourth-order valence-corrected chi connectivity index (χ4v) is 3.30. The third-order valence-corrected chi connectivity index (χ3v) is 4.85. The van der Waals surface area contributed by atoms with Gasteiger partial charge in [-0.2, -0.15) is 0 Å². The van der Waals surface area contributed by atoms with E-state index in [1.165, 1.54) is 0 Å². The lowest BCUT2D eigenvalue weighted by atomic mass is 9.87. The molecular weight excluding hydrogens is 328 g/mol. The zero-order chi connectivity index (χ0) is 14.9. The highest BCUT2D eigenvalue weighted by Gasteiger charge is 2.32. The number of piperidine rings is 1. The van der Waals surface area contributed by atoms with Gasteiger partial charge in [-0.05, 0) is 48.0 Å². The standard InChI is InChI=1S/C16H21BrN4/c1-21-7-5-16(11-18,6-8-21)20-14-4-2-3-12-9-13(17)10-19-15(12)14/h2-4,9-10,20H,5-8,11,18H2,1H3. The highest BCUT2D eigenvalue weighted by Crippen LogP contribution is 2.30. The first-order valence-corrected chi connectivity index (χ1v) is 8.12. The number of benzene rings is 1. The first kappa shape index (κ1) is 14.8. The van der Waals surface area contributed by atoms with Crippen LogP contribution in [0.1, 0.15) is 12.8 Å². The molecular formula is C16H21BrN4. The van der Waals surface area contributed by atoms with Gasteiger partial charge in [-0.3, -0.25) is 4.98 Å². The Bertz CT molecular complexity index is 635. The molecule has 1 saturated heterocycles. The molecule has 1 aromatic heterocycles. The molecule has 0 aliphatic carbocycles. The molecule has 4 nitrogen and oxygen atoms in total. The molecule has 1 aromatic carbocycles. The largest absolute Gasteiger partial charge is 0.376 e. The minimum absolute atomic E-state index is 0.0183. The molecule has 112 valence electrons. The summed E-state index contributed by atoms with van der Waals surface area (Å²) >= 11 is 3.48. The molecule has 0 bridgehead atoms. The maximum Gasteiger partial charge on any atom is 0.0934 e. The number of rotatable bonds is 3. The maximum atomic E-state index is 6.09. The molecule has 0 radical (unpaired) electrons. The van der Waals surface area contributed by atoms with Crippen molar-refractivity contribution in [3.8, 4) is 0 Å². The van der Waals surface area contributed by atoms with E-state index in [0.717, 1.165) is 47.0 Å². The van der Waals surface area contributed by atoms with E-state index >= 15 is 0 Å². The molecule has 0 saturated carbocycles. The van der Waals surface area contributed by atoms with Crippen LogP contribution in [0.2, 0.25) is 0 Å². The summed E-state index contributed by atoms with van der Waals surface area (Å²) in [6.45, 7) is 2.80. The summed E-state index contributed by atoms with van der Waals surface area (Å²) in [4.78, 5) is 6.92. The van der Waals surface area contributed by atoms with Gasteiger partial charge in [0.1, 0.15) is 0 Å². The van der Waals surface area contributed by atoms with Crippen molar-refractivity contribution in [2.75, 3.05) is 32.0 Å². The van der Waals surface area contributed by atoms with E-state index in [1.54, 1.807) is 0 Å². The number of hydrogen-bond acceptors (Lipinski definition) is 4. The predicted octanol–water partition coefficient (Wildman–Crippen LogP) is 2.83. The second kappa shape index (κ2) is 5.91. The number of hydrogen-bond donors (Lipinski definition) is 2. The van der Waals surface area contributed by atoms with Crippen LogP contribution < -0.4 is 11.1 Å². The minimum atomic E-state index is -0.0183. The summed E-state index contributed by atoms with van der Waals surface area (Å²) in [5.74, 6) is 0. The quantitative estimate of drug-likeness (QED) is 0.895. The molecule has 1 fully saturated rings. The Hall–Kier alpha value is -1.17. The van der Waals surface area contributed by atoms with Gasteiger partial charge in [0.2, 0.25) is 0 Å². The smallest absolute Gasteiger partial charge is 0.0934 e. The number of nitrogens with zero attached hydrogens (tertiary/aromatic N) is 2. The Balaban J connectivity index is 1.93. The van der Waals surface area contributed by atoms with Gasteiger partial charge in [0.15, 0.2) is 0 Å². The van der Waals surface area contributed by atoms with Crippen LogP contribution in [0, 0.1) is 0 Å². The van der Waals surface area contributed by atoms with Crippen LogP contribution in [0.4, 0.5) is 5.69 Å². The van der Waals surface area contributed by atoms with Crippen molar-refractivity contribution in [2.24, 2.45) is 5.73 Å². The van der Waals surface area contributed by atoms with E-state index in [1.807, 2.05) is 6.20 Å². The van der Waals surface area contributed by atoms with E-state index in [9.17, 15) is 0 Å². The van der Waals surface area contributed by atoms with Gasteiger partial charge in [-0.1, -0.05) is 12.1 Å². The van der Waals surface area contributed by atoms with Crippen molar-refractivity contribution >= 4 is 32.5 Å². The first-order chi connectivity index (χ1) is 10.1. The van der Waals surface area contributed by atoms with Gasteiger partial charge in [0.25, 0.3) is 0 Å². The Labute approximate surface area is 133 Å². The molecule has 3 rings (SSSR count). The highest BCUT2D eigenvalue weighted by molar-refractivity contribution is 9.10. The van der Waals surface area contributed by atoms with Gasteiger partial charge >= 0.3 is 0 Å². The Morgan fingerprint density at radius 1 is 1.38 bits per heavy atom. The summed E-state index contributed by atoms with van der Waals surface area (Å²) in [5.41, 5.74) is 8.16. The van der Waals surface area contributed by atoms with Crippen molar-refractivity contribution in [3.63, 3.8) is 0 Å². The fraction of sp³-hybridized carbons (Fsp3) is 0.438. The molecule has 3 N–H and O–H groups in total. The van der Waals surface area contributed by atoms with Crippen LogP contribution in [0.3, 0.4) is 0 Å². The number of para-hydroxylation sites is 1. The molecule has 5 heteroatoms. The third-order valence-electron chi connectivity index (χ3n) is 4.41. The van der Waals surface area contributed by atoms with Crippen LogP contribution >= 0.6 is 15.9 Å². The van der Waals surface area contributed by atoms with Gasteiger partial charge in [0, 0.05) is 35.7 Å². The SMILES string of the molecule is CN1CCC(CN)(Nc2cccc3cc(Br)cnc23)CC1. The van der Waals surface area contributed by atoms with Crippen LogP contribution in [0.5, 0.6) is 0 Å². The van der Waals surface area contributed by atoms with Crippen molar-refractivity contribution in [3.05, 3.63) is 34.9 Å². The second-order valence-corrected chi connectivity index (χ2v) is 6.86. The lowest BCUT2D eigenvalue weighted by Gasteiger charge is -2.41. The Morgan fingerprint density at radius 3 is 2.86 bits per heavy atom. The van der Waals surface area contributed by atoms with Gasteiger partial charge in [-0.25, -0.2) is 0 Å². The zero-order valence-electron chi connectivity index (χ0n) is 12.3. The maximum absolute atomic E-state index is 6.09. The number of halogens is 1. The Morgan fingerprint density at radius 2 is 2.14 bits per heavy atom. The van der Waals surface area contributed by atoms with Crippen molar-refractivity contribution < 1.29 is 0 Å². The topological polar surface area (TPSA) is 54.2 Å². The molecule has 1 aliphatic rings. The van der Waals surface area contributed by atoms with Gasteiger partial charge in [0.05, 0.1) is 16.7 Å². The van der Waals surface area contributed by atoms with Crippen LogP contribution in [0.15, 0.2) is 34.9 Å². The minimum Gasteiger partial charge on any atom is -0.376 e. The summed E-state index contributed by atoms with van der Waals surface area (Å²) in [5, 5.41) is 4.83. The zero-order valence-corrected chi connectivity index (χ0v) is 13.9. The van der Waals surface area contributed by atoms with Crippen LogP contribution in [0.25, 0.3) is 10.9 Å². The second-order valence-electron chi connectivity index (χ2n) is 5.94. The molecule has 0 atom stereocenters. The van der Waals surface area contributed by atoms with Crippen molar-refractivity contribution in [1.82, 2.24) is 9.88 Å². The average Bonchev–Trinajstić information content (AvgIpc) is 2.50. The average molecular weight is 349 g/mol. The Kier molecular flexibility index (Phi) is 4.15. The lowest BCUT2D eigenvalue weighted by Crippen LogP contribution is -2.52. The molecule has 2 heterocycles. The molecule has 0 spiro atoms. The fourth-order valence-electron chi connectivity index (χ4n) is 2.95.